The molecule has 0 aliphatic rings. The van der Waals surface area contributed by atoms with Gasteiger partial charge in [0, 0.05) is 17.3 Å². The Balaban J connectivity index is 1.56. The maximum Gasteiger partial charge on any atom is 0.264 e. The highest BCUT2D eigenvalue weighted by atomic mass is 32.1. The number of amides is 1. The number of nitrogens with one attached hydrogen (secondary N) is 1. The van der Waals surface area contributed by atoms with Crippen molar-refractivity contribution in [1.29, 1.82) is 0 Å². The number of aromatic nitrogens is 3. The van der Waals surface area contributed by atoms with Crippen LogP contribution in [0.25, 0.3) is 21.1 Å². The van der Waals surface area contributed by atoms with Crippen molar-refractivity contribution in [3.05, 3.63) is 75.1 Å². The molecule has 0 spiro atoms. The lowest BCUT2D eigenvalue weighted by Gasteiger charge is -2.11. The van der Waals surface area contributed by atoms with Crippen LogP contribution in [-0.2, 0) is 11.3 Å². The SMILES string of the molecule is Cc1cccc(NC(=O)Cn2cncc(-c3nc(-c4cccs4)cs3)c2=O)c1C. The number of thiazole rings is 1. The number of rotatable bonds is 5. The summed E-state index contributed by atoms with van der Waals surface area (Å²) in [5, 5.41) is 7.37. The summed E-state index contributed by atoms with van der Waals surface area (Å²) in [6.45, 7) is 3.82. The van der Waals surface area contributed by atoms with Crippen molar-refractivity contribution in [3.8, 4) is 21.1 Å². The summed E-state index contributed by atoms with van der Waals surface area (Å²) in [4.78, 5) is 35.1. The first kappa shape index (κ1) is 19.2. The van der Waals surface area contributed by atoms with Crippen molar-refractivity contribution in [1.82, 2.24) is 14.5 Å². The molecule has 0 aliphatic heterocycles. The van der Waals surface area contributed by atoms with Gasteiger partial charge in [0.05, 0.1) is 22.5 Å². The summed E-state index contributed by atoms with van der Waals surface area (Å²) >= 11 is 2.99. The van der Waals surface area contributed by atoms with Crippen LogP contribution in [0.4, 0.5) is 5.69 Å². The van der Waals surface area contributed by atoms with Crippen LogP contribution in [0.1, 0.15) is 11.1 Å². The minimum Gasteiger partial charge on any atom is -0.324 e. The number of anilines is 1. The maximum absolute atomic E-state index is 12.9. The van der Waals surface area contributed by atoms with Gasteiger partial charge in [0.25, 0.3) is 5.56 Å². The second kappa shape index (κ2) is 8.10. The molecule has 1 aromatic carbocycles. The zero-order valence-electron chi connectivity index (χ0n) is 15.9. The summed E-state index contributed by atoms with van der Waals surface area (Å²) in [5.74, 6) is -0.279. The van der Waals surface area contributed by atoms with Crippen molar-refractivity contribution >= 4 is 34.3 Å². The molecule has 0 unspecified atom stereocenters. The first-order valence-corrected chi connectivity index (χ1v) is 10.7. The van der Waals surface area contributed by atoms with Gasteiger partial charge in [-0.3, -0.25) is 14.2 Å². The number of carbonyl (C=O) groups excluding carboxylic acids is 1. The Morgan fingerprint density at radius 3 is 2.83 bits per heavy atom. The topological polar surface area (TPSA) is 76.9 Å². The zero-order valence-corrected chi connectivity index (χ0v) is 17.5. The van der Waals surface area contributed by atoms with Crippen LogP contribution >= 0.6 is 22.7 Å². The number of nitrogens with zero attached hydrogens (tertiary/aromatic N) is 3. The van der Waals surface area contributed by atoms with Gasteiger partial charge in [0.2, 0.25) is 5.91 Å². The molecular formula is C21H18N4O2S2. The lowest BCUT2D eigenvalue weighted by atomic mass is 10.1. The predicted octanol–water partition coefficient (Wildman–Crippen LogP) is 4.35. The molecular weight excluding hydrogens is 404 g/mol. The normalized spacial score (nSPS) is 10.8. The largest absolute Gasteiger partial charge is 0.324 e. The van der Waals surface area contributed by atoms with E-state index < -0.39 is 0 Å². The van der Waals surface area contributed by atoms with Crippen LogP contribution in [0.5, 0.6) is 0 Å². The van der Waals surface area contributed by atoms with Crippen LogP contribution in [-0.4, -0.2) is 20.4 Å². The summed E-state index contributed by atoms with van der Waals surface area (Å²) < 4.78 is 1.31. The lowest BCUT2D eigenvalue weighted by molar-refractivity contribution is -0.116. The van der Waals surface area contributed by atoms with Gasteiger partial charge in [-0.25, -0.2) is 9.97 Å². The average Bonchev–Trinajstić information content (AvgIpc) is 3.39. The minimum absolute atomic E-state index is 0.115. The van der Waals surface area contributed by atoms with Gasteiger partial charge in [-0.15, -0.1) is 22.7 Å². The Labute approximate surface area is 175 Å². The highest BCUT2D eigenvalue weighted by Crippen LogP contribution is 2.29. The maximum atomic E-state index is 12.9. The van der Waals surface area contributed by atoms with Crippen LogP contribution in [0.15, 0.2) is 58.4 Å². The van der Waals surface area contributed by atoms with Crippen LogP contribution in [0.2, 0.25) is 0 Å². The molecule has 3 heterocycles. The fourth-order valence-corrected chi connectivity index (χ4v) is 4.46. The lowest BCUT2D eigenvalue weighted by Crippen LogP contribution is -2.28. The van der Waals surface area contributed by atoms with Crippen LogP contribution in [0, 0.1) is 13.8 Å². The van der Waals surface area contributed by atoms with E-state index in [1.807, 2.05) is 54.9 Å². The fourth-order valence-electron chi connectivity index (χ4n) is 2.88. The smallest absolute Gasteiger partial charge is 0.264 e. The minimum atomic E-state index is -0.289. The molecule has 3 aromatic heterocycles. The Morgan fingerprint density at radius 2 is 2.03 bits per heavy atom. The van der Waals surface area contributed by atoms with Crippen molar-refractivity contribution in [3.63, 3.8) is 0 Å². The molecule has 0 saturated carbocycles. The van der Waals surface area contributed by atoms with Crippen molar-refractivity contribution < 1.29 is 4.79 Å². The third kappa shape index (κ3) is 4.03. The molecule has 29 heavy (non-hydrogen) atoms. The summed E-state index contributed by atoms with van der Waals surface area (Å²) in [6, 6.07) is 9.67. The third-order valence-corrected chi connectivity index (χ3v) is 6.37. The van der Waals surface area contributed by atoms with Gasteiger partial charge in [-0.1, -0.05) is 18.2 Å². The van der Waals surface area contributed by atoms with E-state index in [1.54, 1.807) is 11.3 Å². The quantitative estimate of drug-likeness (QED) is 0.519. The Bertz CT molecular complexity index is 1230. The fraction of sp³-hybridized carbons (Fsp3) is 0.143. The summed E-state index contributed by atoms with van der Waals surface area (Å²) in [5.41, 5.74) is 3.77. The molecule has 0 saturated heterocycles. The molecule has 4 aromatic rings. The van der Waals surface area contributed by atoms with E-state index in [-0.39, 0.29) is 18.0 Å². The predicted molar refractivity (Wildman–Crippen MR) is 117 cm³/mol. The first-order valence-electron chi connectivity index (χ1n) is 8.93. The molecule has 0 bridgehead atoms. The summed E-state index contributed by atoms with van der Waals surface area (Å²) in [7, 11) is 0. The Hall–Kier alpha value is -3.10. The van der Waals surface area contributed by atoms with Crippen molar-refractivity contribution in [2.24, 2.45) is 0 Å². The van der Waals surface area contributed by atoms with Crippen LogP contribution in [0.3, 0.4) is 0 Å². The highest BCUT2D eigenvalue weighted by molar-refractivity contribution is 7.15. The van der Waals surface area contributed by atoms with Gasteiger partial charge < -0.3 is 5.32 Å². The number of hydrogen-bond acceptors (Lipinski definition) is 6. The average molecular weight is 423 g/mol. The van der Waals surface area contributed by atoms with Gasteiger partial charge in [0.15, 0.2) is 0 Å². The molecule has 8 heteroatoms. The van der Waals surface area contributed by atoms with E-state index in [4.69, 9.17) is 0 Å². The van der Waals surface area contributed by atoms with Gasteiger partial charge >= 0.3 is 0 Å². The number of aryl methyl sites for hydroxylation is 1. The molecule has 4 rings (SSSR count). The monoisotopic (exact) mass is 422 g/mol. The Kier molecular flexibility index (Phi) is 5.37. The highest BCUT2D eigenvalue weighted by Gasteiger charge is 2.14. The van der Waals surface area contributed by atoms with E-state index in [2.05, 4.69) is 15.3 Å². The van der Waals surface area contributed by atoms with E-state index in [0.717, 1.165) is 27.4 Å². The number of benzene rings is 1. The number of thiophene rings is 1. The molecule has 0 fully saturated rings. The second-order valence-electron chi connectivity index (χ2n) is 6.55. The standard InChI is InChI=1S/C21H18N4O2S2/c1-13-5-3-6-16(14(13)2)23-19(26)10-25-12-22-9-15(21(25)27)20-24-17(11-29-20)18-7-4-8-28-18/h3-9,11-12H,10H2,1-2H3,(H,23,26). The number of carbonyl (C=O) groups is 1. The Morgan fingerprint density at radius 1 is 1.17 bits per heavy atom. The third-order valence-electron chi connectivity index (χ3n) is 4.60. The van der Waals surface area contributed by atoms with Gasteiger partial charge in [-0.2, -0.15) is 0 Å². The summed E-state index contributed by atoms with van der Waals surface area (Å²) in [6.07, 6.45) is 2.88. The second-order valence-corrected chi connectivity index (χ2v) is 8.36. The molecule has 0 aliphatic carbocycles. The van der Waals surface area contributed by atoms with Gasteiger partial charge in [0.1, 0.15) is 11.6 Å². The van der Waals surface area contributed by atoms with Crippen molar-refractivity contribution in [2.75, 3.05) is 5.32 Å². The van der Waals surface area contributed by atoms with Crippen LogP contribution < -0.4 is 10.9 Å². The molecule has 6 nitrogen and oxygen atoms in total. The molecule has 1 N–H and O–H groups in total. The molecule has 1 amide bonds. The molecule has 0 radical (unpaired) electrons. The van der Waals surface area contributed by atoms with E-state index in [1.165, 1.54) is 28.4 Å². The van der Waals surface area contributed by atoms with E-state index in [0.29, 0.717) is 10.6 Å². The molecule has 146 valence electrons. The molecule has 0 atom stereocenters. The van der Waals surface area contributed by atoms with Crippen molar-refractivity contribution in [2.45, 2.75) is 20.4 Å². The number of hydrogen-bond donors (Lipinski definition) is 1. The first-order chi connectivity index (χ1) is 14.0. The zero-order chi connectivity index (χ0) is 20.4. The van der Waals surface area contributed by atoms with E-state index in [9.17, 15) is 9.59 Å². The van der Waals surface area contributed by atoms with E-state index >= 15 is 0 Å². The van der Waals surface area contributed by atoms with Gasteiger partial charge in [-0.05, 0) is 42.5 Å².